The highest BCUT2D eigenvalue weighted by Gasteiger charge is 2.27. The smallest absolute Gasteiger partial charge is 0.222 e. The number of carbonyl (C=O) groups excluding carboxylic acids is 1. The van der Waals surface area contributed by atoms with Gasteiger partial charge in [-0.25, -0.2) is 0 Å². The molecule has 1 amide bonds. The van der Waals surface area contributed by atoms with Crippen LogP contribution in [-0.4, -0.2) is 37.0 Å². The zero-order valence-electron chi connectivity index (χ0n) is 12.4. The van der Waals surface area contributed by atoms with Crippen LogP contribution in [0.3, 0.4) is 0 Å². The van der Waals surface area contributed by atoms with Crippen LogP contribution in [0.25, 0.3) is 0 Å². The van der Waals surface area contributed by atoms with Gasteiger partial charge >= 0.3 is 0 Å². The first-order valence-electron chi connectivity index (χ1n) is 7.44. The topological polar surface area (TPSA) is 55.6 Å². The van der Waals surface area contributed by atoms with Crippen LogP contribution in [0.2, 0.25) is 5.02 Å². The Bertz CT molecular complexity index is 464. The van der Waals surface area contributed by atoms with E-state index in [1.807, 2.05) is 19.2 Å². The van der Waals surface area contributed by atoms with E-state index >= 15 is 0 Å². The third-order valence-corrected chi connectivity index (χ3v) is 4.34. The van der Waals surface area contributed by atoms with Crippen LogP contribution in [0.5, 0.6) is 5.75 Å². The van der Waals surface area contributed by atoms with Gasteiger partial charge < -0.3 is 15.4 Å². The molecule has 1 aliphatic carbocycles. The van der Waals surface area contributed by atoms with E-state index in [1.165, 1.54) is 0 Å². The standard InChI is InChI=1S/C16H23ClN2O2/c1-19(16(20)11-12-3-2-4-15(12)18)9-10-21-14-7-5-13(17)6-8-14/h5-8,12,15H,2-4,9-11,18H2,1H3/t12-,15+/m0/s1. The lowest BCUT2D eigenvalue weighted by atomic mass is 9.99. The van der Waals surface area contributed by atoms with Crippen LogP contribution in [-0.2, 0) is 4.79 Å². The highest BCUT2D eigenvalue weighted by atomic mass is 35.5. The maximum Gasteiger partial charge on any atom is 0.222 e. The molecule has 0 bridgehead atoms. The fraction of sp³-hybridized carbons (Fsp3) is 0.562. The van der Waals surface area contributed by atoms with Crippen molar-refractivity contribution >= 4 is 17.5 Å². The highest BCUT2D eigenvalue weighted by molar-refractivity contribution is 6.30. The zero-order valence-corrected chi connectivity index (χ0v) is 13.2. The second-order valence-corrected chi connectivity index (χ2v) is 6.11. The van der Waals surface area contributed by atoms with Crippen LogP contribution < -0.4 is 10.5 Å². The molecular formula is C16H23ClN2O2. The lowest BCUT2D eigenvalue weighted by molar-refractivity contribution is -0.131. The Morgan fingerprint density at radius 2 is 2.10 bits per heavy atom. The summed E-state index contributed by atoms with van der Waals surface area (Å²) >= 11 is 5.81. The van der Waals surface area contributed by atoms with Crippen LogP contribution in [0.1, 0.15) is 25.7 Å². The van der Waals surface area contributed by atoms with E-state index in [0.717, 1.165) is 25.0 Å². The van der Waals surface area contributed by atoms with Crippen molar-refractivity contribution in [1.82, 2.24) is 4.90 Å². The van der Waals surface area contributed by atoms with Crippen LogP contribution in [0, 0.1) is 5.92 Å². The highest BCUT2D eigenvalue weighted by Crippen LogP contribution is 2.27. The lowest BCUT2D eigenvalue weighted by Gasteiger charge is -2.21. The predicted molar refractivity (Wildman–Crippen MR) is 84.5 cm³/mol. The number of nitrogens with zero attached hydrogens (tertiary/aromatic N) is 1. The molecule has 5 heteroatoms. The molecule has 0 heterocycles. The molecule has 4 nitrogen and oxygen atoms in total. The Morgan fingerprint density at radius 1 is 1.38 bits per heavy atom. The molecular weight excluding hydrogens is 288 g/mol. The summed E-state index contributed by atoms with van der Waals surface area (Å²) in [6.45, 7) is 1.05. The van der Waals surface area contributed by atoms with Gasteiger partial charge in [0.25, 0.3) is 0 Å². The van der Waals surface area contributed by atoms with E-state index in [9.17, 15) is 4.79 Å². The quantitative estimate of drug-likeness (QED) is 0.879. The zero-order chi connectivity index (χ0) is 15.2. The molecule has 0 aromatic heterocycles. The monoisotopic (exact) mass is 310 g/mol. The summed E-state index contributed by atoms with van der Waals surface area (Å²) in [5.41, 5.74) is 6.01. The van der Waals surface area contributed by atoms with Crippen molar-refractivity contribution in [2.45, 2.75) is 31.7 Å². The van der Waals surface area contributed by atoms with E-state index in [-0.39, 0.29) is 11.9 Å². The SMILES string of the molecule is CN(CCOc1ccc(Cl)cc1)C(=O)C[C@@H]1CCC[C@H]1N. The fourth-order valence-electron chi connectivity index (χ4n) is 2.66. The van der Waals surface area contributed by atoms with Crippen LogP contribution >= 0.6 is 11.6 Å². The Hall–Kier alpha value is -1.26. The van der Waals surface area contributed by atoms with Crippen molar-refractivity contribution in [2.24, 2.45) is 11.7 Å². The van der Waals surface area contributed by atoms with Crippen LogP contribution in [0.15, 0.2) is 24.3 Å². The average Bonchev–Trinajstić information content (AvgIpc) is 2.86. The van der Waals surface area contributed by atoms with E-state index in [1.54, 1.807) is 17.0 Å². The third-order valence-electron chi connectivity index (χ3n) is 4.09. The molecule has 1 aromatic rings. The molecule has 0 aliphatic heterocycles. The van der Waals surface area contributed by atoms with Gasteiger partial charge in [-0.05, 0) is 43.0 Å². The first kappa shape index (κ1) is 16.1. The molecule has 116 valence electrons. The molecule has 1 saturated carbocycles. The first-order chi connectivity index (χ1) is 10.1. The van der Waals surface area contributed by atoms with Gasteiger partial charge in [-0.15, -0.1) is 0 Å². The van der Waals surface area contributed by atoms with E-state index in [4.69, 9.17) is 22.1 Å². The third kappa shape index (κ3) is 4.90. The lowest BCUT2D eigenvalue weighted by Crippen LogP contribution is -2.35. The molecule has 21 heavy (non-hydrogen) atoms. The number of hydrogen-bond donors (Lipinski definition) is 1. The summed E-state index contributed by atoms with van der Waals surface area (Å²) in [7, 11) is 1.81. The van der Waals surface area contributed by atoms with Crippen molar-refractivity contribution in [2.75, 3.05) is 20.2 Å². The van der Waals surface area contributed by atoms with Crippen molar-refractivity contribution in [3.8, 4) is 5.75 Å². The number of likely N-dealkylation sites (N-methyl/N-ethyl adjacent to an activating group) is 1. The summed E-state index contributed by atoms with van der Waals surface area (Å²) in [5.74, 6) is 1.26. The number of amides is 1. The number of ether oxygens (including phenoxy) is 1. The predicted octanol–water partition coefficient (Wildman–Crippen LogP) is 2.69. The average molecular weight is 311 g/mol. The molecule has 0 spiro atoms. The Balaban J connectivity index is 1.69. The van der Waals surface area contributed by atoms with Gasteiger partial charge in [0, 0.05) is 24.5 Å². The Morgan fingerprint density at radius 3 is 2.71 bits per heavy atom. The molecule has 0 radical (unpaired) electrons. The summed E-state index contributed by atoms with van der Waals surface area (Å²) in [6.07, 6.45) is 3.81. The molecule has 2 rings (SSSR count). The normalized spacial score (nSPS) is 21.3. The van der Waals surface area contributed by atoms with Gasteiger partial charge in [0.05, 0.1) is 6.54 Å². The number of halogens is 1. The number of carbonyl (C=O) groups is 1. The molecule has 0 unspecified atom stereocenters. The van der Waals surface area contributed by atoms with Gasteiger partial charge in [0.1, 0.15) is 12.4 Å². The maximum atomic E-state index is 12.1. The van der Waals surface area contributed by atoms with E-state index in [0.29, 0.717) is 30.5 Å². The second-order valence-electron chi connectivity index (χ2n) is 5.68. The van der Waals surface area contributed by atoms with Crippen molar-refractivity contribution < 1.29 is 9.53 Å². The Labute approximate surface area is 131 Å². The molecule has 0 saturated heterocycles. The molecule has 1 aromatic carbocycles. The largest absolute Gasteiger partial charge is 0.492 e. The number of rotatable bonds is 6. The van der Waals surface area contributed by atoms with Crippen molar-refractivity contribution in [1.29, 1.82) is 0 Å². The van der Waals surface area contributed by atoms with Gasteiger partial charge in [0.15, 0.2) is 0 Å². The number of nitrogens with two attached hydrogens (primary N) is 1. The van der Waals surface area contributed by atoms with Gasteiger partial charge in [-0.1, -0.05) is 18.0 Å². The second kappa shape index (κ2) is 7.66. The molecule has 2 atom stereocenters. The summed E-state index contributed by atoms with van der Waals surface area (Å²) in [6, 6.07) is 7.40. The van der Waals surface area contributed by atoms with Crippen molar-refractivity contribution in [3.63, 3.8) is 0 Å². The fourth-order valence-corrected chi connectivity index (χ4v) is 2.78. The summed E-state index contributed by atoms with van der Waals surface area (Å²) < 4.78 is 5.60. The maximum absolute atomic E-state index is 12.1. The first-order valence-corrected chi connectivity index (χ1v) is 7.82. The summed E-state index contributed by atoms with van der Waals surface area (Å²) in [5, 5.41) is 0.683. The van der Waals surface area contributed by atoms with Gasteiger partial charge in [0.2, 0.25) is 5.91 Å². The molecule has 2 N–H and O–H groups in total. The van der Waals surface area contributed by atoms with Crippen LogP contribution in [0.4, 0.5) is 0 Å². The number of benzene rings is 1. The van der Waals surface area contributed by atoms with Gasteiger partial charge in [-0.2, -0.15) is 0 Å². The molecule has 1 fully saturated rings. The van der Waals surface area contributed by atoms with E-state index in [2.05, 4.69) is 0 Å². The minimum Gasteiger partial charge on any atom is -0.492 e. The van der Waals surface area contributed by atoms with Gasteiger partial charge in [-0.3, -0.25) is 4.79 Å². The Kier molecular flexibility index (Phi) is 5.88. The van der Waals surface area contributed by atoms with E-state index < -0.39 is 0 Å². The summed E-state index contributed by atoms with van der Waals surface area (Å²) in [4.78, 5) is 13.9. The molecule has 1 aliphatic rings. The minimum absolute atomic E-state index is 0.150. The number of hydrogen-bond acceptors (Lipinski definition) is 3. The van der Waals surface area contributed by atoms with Crippen molar-refractivity contribution in [3.05, 3.63) is 29.3 Å². The minimum atomic E-state index is 0.150.